The Kier molecular flexibility index (Phi) is 5.19. The number of nitrogens with zero attached hydrogens (tertiary/aromatic N) is 2. The van der Waals surface area contributed by atoms with E-state index in [4.69, 9.17) is 17.3 Å². The van der Waals surface area contributed by atoms with Gasteiger partial charge in [-0.2, -0.15) is 0 Å². The standard InChI is InChI=1S/C14H16ClN3S/c1-2-12(16)14(10-5-7-17-8-6-10)19-13-4-3-11(15)9-18-13/h3-9,12,14H,2,16H2,1H3. The molecule has 100 valence electrons. The van der Waals surface area contributed by atoms with Gasteiger partial charge in [-0.3, -0.25) is 4.98 Å². The second-order valence-electron chi connectivity index (χ2n) is 4.21. The third kappa shape index (κ3) is 3.93. The van der Waals surface area contributed by atoms with E-state index in [9.17, 15) is 0 Å². The van der Waals surface area contributed by atoms with Crippen molar-refractivity contribution >= 4 is 23.4 Å². The lowest BCUT2D eigenvalue weighted by molar-refractivity contribution is 0.633. The predicted molar refractivity (Wildman–Crippen MR) is 80.3 cm³/mol. The molecule has 0 radical (unpaired) electrons. The highest BCUT2D eigenvalue weighted by atomic mass is 35.5. The van der Waals surface area contributed by atoms with Gasteiger partial charge in [0.25, 0.3) is 0 Å². The lowest BCUT2D eigenvalue weighted by atomic mass is 10.1. The monoisotopic (exact) mass is 293 g/mol. The Morgan fingerprint density at radius 2 is 2.00 bits per heavy atom. The summed E-state index contributed by atoms with van der Waals surface area (Å²) >= 11 is 7.51. The topological polar surface area (TPSA) is 51.8 Å². The average molecular weight is 294 g/mol. The van der Waals surface area contributed by atoms with Crippen LogP contribution in [-0.4, -0.2) is 16.0 Å². The molecule has 2 N–H and O–H groups in total. The molecule has 0 aromatic carbocycles. The summed E-state index contributed by atoms with van der Waals surface area (Å²) in [4.78, 5) is 8.37. The van der Waals surface area contributed by atoms with Crippen LogP contribution in [0.2, 0.25) is 5.02 Å². The molecule has 2 atom stereocenters. The summed E-state index contributed by atoms with van der Waals surface area (Å²) in [5, 5.41) is 1.74. The van der Waals surface area contributed by atoms with E-state index >= 15 is 0 Å². The summed E-state index contributed by atoms with van der Waals surface area (Å²) in [6.45, 7) is 2.09. The summed E-state index contributed by atoms with van der Waals surface area (Å²) in [7, 11) is 0. The Bertz CT molecular complexity index is 504. The van der Waals surface area contributed by atoms with Crippen LogP contribution in [0.1, 0.15) is 24.2 Å². The van der Waals surface area contributed by atoms with Gasteiger partial charge < -0.3 is 5.73 Å². The molecule has 2 rings (SSSR count). The summed E-state index contributed by atoms with van der Waals surface area (Å²) in [5.74, 6) is 0. The van der Waals surface area contributed by atoms with E-state index in [0.717, 1.165) is 11.4 Å². The number of hydrogen-bond donors (Lipinski definition) is 1. The zero-order chi connectivity index (χ0) is 13.7. The molecule has 0 aliphatic carbocycles. The zero-order valence-corrected chi connectivity index (χ0v) is 12.2. The van der Waals surface area contributed by atoms with Crippen molar-refractivity contribution in [2.45, 2.75) is 29.7 Å². The van der Waals surface area contributed by atoms with Crippen LogP contribution in [0.5, 0.6) is 0 Å². The second kappa shape index (κ2) is 6.89. The summed E-state index contributed by atoms with van der Waals surface area (Å²) in [6.07, 6.45) is 6.15. The first-order chi connectivity index (χ1) is 9.20. The van der Waals surface area contributed by atoms with Crippen molar-refractivity contribution in [1.29, 1.82) is 0 Å². The first kappa shape index (κ1) is 14.3. The van der Waals surface area contributed by atoms with Crippen LogP contribution < -0.4 is 5.73 Å². The maximum Gasteiger partial charge on any atom is 0.0967 e. The minimum absolute atomic E-state index is 0.0740. The van der Waals surface area contributed by atoms with Gasteiger partial charge in [0.05, 0.1) is 15.3 Å². The van der Waals surface area contributed by atoms with Gasteiger partial charge in [-0.25, -0.2) is 4.98 Å². The van der Waals surface area contributed by atoms with Crippen LogP contribution in [0.4, 0.5) is 0 Å². The Morgan fingerprint density at radius 1 is 1.26 bits per heavy atom. The van der Waals surface area contributed by atoms with Gasteiger partial charge in [0.2, 0.25) is 0 Å². The molecule has 0 saturated heterocycles. The lowest BCUT2D eigenvalue weighted by Gasteiger charge is -2.22. The second-order valence-corrected chi connectivity index (χ2v) is 5.80. The van der Waals surface area contributed by atoms with Crippen LogP contribution in [0.15, 0.2) is 47.9 Å². The van der Waals surface area contributed by atoms with E-state index in [-0.39, 0.29) is 11.3 Å². The highest BCUT2D eigenvalue weighted by Gasteiger charge is 2.20. The van der Waals surface area contributed by atoms with Crippen LogP contribution in [-0.2, 0) is 0 Å². The molecular formula is C14H16ClN3S. The van der Waals surface area contributed by atoms with Crippen molar-refractivity contribution in [1.82, 2.24) is 9.97 Å². The molecule has 5 heteroatoms. The van der Waals surface area contributed by atoms with Gasteiger partial charge in [0.15, 0.2) is 0 Å². The Balaban J connectivity index is 2.21. The average Bonchev–Trinajstić information content (AvgIpc) is 2.47. The highest BCUT2D eigenvalue weighted by Crippen LogP contribution is 2.37. The van der Waals surface area contributed by atoms with Crippen LogP contribution in [0.25, 0.3) is 0 Å². The number of aromatic nitrogens is 2. The number of pyridine rings is 2. The van der Waals surface area contributed by atoms with Gasteiger partial charge in [0.1, 0.15) is 0 Å². The van der Waals surface area contributed by atoms with Gasteiger partial charge in [0, 0.05) is 24.6 Å². The van der Waals surface area contributed by atoms with E-state index < -0.39 is 0 Å². The number of nitrogens with two attached hydrogens (primary N) is 1. The molecule has 2 aromatic rings. The quantitative estimate of drug-likeness (QED) is 0.854. The van der Waals surface area contributed by atoms with E-state index in [0.29, 0.717) is 5.02 Å². The van der Waals surface area contributed by atoms with Crippen LogP contribution in [0.3, 0.4) is 0 Å². The molecule has 0 fully saturated rings. The molecule has 0 aliphatic rings. The first-order valence-electron chi connectivity index (χ1n) is 6.14. The van der Waals surface area contributed by atoms with Crippen LogP contribution >= 0.6 is 23.4 Å². The van der Waals surface area contributed by atoms with E-state index in [1.807, 2.05) is 24.3 Å². The third-order valence-electron chi connectivity index (χ3n) is 2.84. The van der Waals surface area contributed by atoms with E-state index in [1.54, 1.807) is 30.4 Å². The molecular weight excluding hydrogens is 278 g/mol. The fourth-order valence-electron chi connectivity index (χ4n) is 1.73. The fourth-order valence-corrected chi connectivity index (χ4v) is 3.02. The number of rotatable bonds is 5. The first-order valence-corrected chi connectivity index (χ1v) is 7.40. The lowest BCUT2D eigenvalue weighted by Crippen LogP contribution is -2.25. The van der Waals surface area contributed by atoms with Gasteiger partial charge in [-0.05, 0) is 36.2 Å². The maximum atomic E-state index is 6.23. The maximum absolute atomic E-state index is 6.23. The molecule has 0 saturated carbocycles. The van der Waals surface area contributed by atoms with Crippen molar-refractivity contribution in [2.24, 2.45) is 5.73 Å². The number of hydrogen-bond acceptors (Lipinski definition) is 4. The molecule has 0 aliphatic heterocycles. The van der Waals surface area contributed by atoms with E-state index in [2.05, 4.69) is 16.9 Å². The molecule has 3 nitrogen and oxygen atoms in total. The van der Waals surface area contributed by atoms with Crippen LogP contribution in [0, 0.1) is 0 Å². The predicted octanol–water partition coefficient (Wildman–Crippen LogP) is 3.70. The molecule has 19 heavy (non-hydrogen) atoms. The Morgan fingerprint density at radius 3 is 2.58 bits per heavy atom. The number of halogens is 1. The third-order valence-corrected chi connectivity index (χ3v) is 4.43. The Labute approximate surface area is 122 Å². The van der Waals surface area contributed by atoms with Crippen molar-refractivity contribution in [3.8, 4) is 0 Å². The van der Waals surface area contributed by atoms with E-state index in [1.165, 1.54) is 5.56 Å². The molecule has 0 spiro atoms. The minimum Gasteiger partial charge on any atom is -0.326 e. The fraction of sp³-hybridized carbons (Fsp3) is 0.286. The Hall–Kier alpha value is -1.10. The van der Waals surface area contributed by atoms with Crippen molar-refractivity contribution in [2.75, 3.05) is 0 Å². The van der Waals surface area contributed by atoms with Crippen molar-refractivity contribution in [3.05, 3.63) is 53.4 Å². The van der Waals surface area contributed by atoms with Gasteiger partial charge >= 0.3 is 0 Å². The largest absolute Gasteiger partial charge is 0.326 e. The summed E-state index contributed by atoms with van der Waals surface area (Å²) < 4.78 is 0. The highest BCUT2D eigenvalue weighted by molar-refractivity contribution is 7.99. The molecule has 2 aromatic heterocycles. The minimum atomic E-state index is 0.0740. The molecule has 2 unspecified atom stereocenters. The van der Waals surface area contributed by atoms with Crippen molar-refractivity contribution in [3.63, 3.8) is 0 Å². The summed E-state index contributed by atoms with van der Waals surface area (Å²) in [5.41, 5.74) is 7.40. The van der Waals surface area contributed by atoms with Gasteiger partial charge in [-0.1, -0.05) is 30.3 Å². The normalized spacial score (nSPS) is 14.1. The smallest absolute Gasteiger partial charge is 0.0967 e. The molecule has 0 bridgehead atoms. The molecule has 2 heterocycles. The molecule has 0 amide bonds. The number of thioether (sulfide) groups is 1. The van der Waals surface area contributed by atoms with Crippen molar-refractivity contribution < 1.29 is 0 Å². The SMILES string of the molecule is CCC(N)C(Sc1ccc(Cl)cn1)c1ccncc1. The zero-order valence-electron chi connectivity index (χ0n) is 10.7. The summed E-state index contributed by atoms with van der Waals surface area (Å²) in [6, 6.07) is 7.85. The van der Waals surface area contributed by atoms with Gasteiger partial charge in [-0.15, -0.1) is 0 Å².